The zero-order valence-electron chi connectivity index (χ0n) is 14.0. The fourth-order valence-corrected chi connectivity index (χ4v) is 2.20. The van der Waals surface area contributed by atoms with Crippen LogP contribution in [0, 0.1) is 39.9 Å². The molecule has 1 amide bonds. The van der Waals surface area contributed by atoms with Crippen LogP contribution in [0.3, 0.4) is 0 Å². The number of hydrogen-bond donors (Lipinski definition) is 2. The molecule has 1 aromatic carbocycles. The summed E-state index contributed by atoms with van der Waals surface area (Å²) in [5, 5.41) is 33.5. The van der Waals surface area contributed by atoms with Crippen molar-refractivity contribution in [2.75, 3.05) is 12.4 Å². The van der Waals surface area contributed by atoms with Crippen molar-refractivity contribution in [1.29, 1.82) is 15.8 Å². The summed E-state index contributed by atoms with van der Waals surface area (Å²) in [6, 6.07) is 9.34. The molecular weight excluding hydrogens is 322 g/mol. The lowest BCUT2D eigenvalue weighted by Gasteiger charge is -2.25. The minimum atomic E-state index is -2.16. The Morgan fingerprint density at radius 3 is 2.28 bits per heavy atom. The van der Waals surface area contributed by atoms with Crippen molar-refractivity contribution in [2.45, 2.75) is 25.4 Å². The highest BCUT2D eigenvalue weighted by Gasteiger charge is 2.38. The van der Waals surface area contributed by atoms with Gasteiger partial charge in [-0.2, -0.15) is 15.8 Å². The van der Waals surface area contributed by atoms with Gasteiger partial charge in [-0.25, -0.2) is 4.79 Å². The Labute approximate surface area is 145 Å². The number of esters is 1. The lowest BCUT2D eigenvalue weighted by atomic mass is 9.81. The molecule has 2 N–H and O–H groups in total. The predicted molar refractivity (Wildman–Crippen MR) is 87.7 cm³/mol. The molecule has 25 heavy (non-hydrogen) atoms. The van der Waals surface area contributed by atoms with Crippen molar-refractivity contribution in [3.8, 4) is 18.2 Å². The summed E-state index contributed by atoms with van der Waals surface area (Å²) >= 11 is 0. The fraction of sp³-hybridized carbons (Fsp3) is 0.353. The van der Waals surface area contributed by atoms with E-state index in [1.54, 1.807) is 18.2 Å². The lowest BCUT2D eigenvalue weighted by molar-refractivity contribution is -0.110. The summed E-state index contributed by atoms with van der Waals surface area (Å²) in [6.45, 7) is 3.69. The zero-order valence-corrected chi connectivity index (χ0v) is 14.0. The van der Waals surface area contributed by atoms with Crippen molar-refractivity contribution < 1.29 is 14.3 Å². The van der Waals surface area contributed by atoms with E-state index in [0.717, 1.165) is 7.11 Å². The number of nitrogens with zero attached hydrogens (tertiary/aromatic N) is 3. The SMILES string of the molecule is COC(=O)c1c(NC(NC=O)C(C)C)cccc1C(C#N)(C#N)C#N. The van der Waals surface area contributed by atoms with E-state index >= 15 is 0 Å². The van der Waals surface area contributed by atoms with E-state index in [4.69, 9.17) is 4.74 Å². The van der Waals surface area contributed by atoms with Crippen LogP contribution in [0.2, 0.25) is 0 Å². The maximum Gasteiger partial charge on any atom is 0.340 e. The van der Waals surface area contributed by atoms with Crippen LogP contribution in [-0.4, -0.2) is 25.7 Å². The number of carbonyl (C=O) groups is 2. The highest BCUT2D eigenvalue weighted by Crippen LogP contribution is 2.31. The molecule has 8 nitrogen and oxygen atoms in total. The molecule has 0 saturated carbocycles. The van der Waals surface area contributed by atoms with Gasteiger partial charge >= 0.3 is 5.97 Å². The van der Waals surface area contributed by atoms with Crippen LogP contribution in [-0.2, 0) is 14.9 Å². The van der Waals surface area contributed by atoms with Crippen LogP contribution in [0.1, 0.15) is 29.8 Å². The number of carbonyl (C=O) groups excluding carboxylic acids is 2. The molecule has 1 rings (SSSR count). The van der Waals surface area contributed by atoms with Gasteiger partial charge in [-0.05, 0) is 12.0 Å². The Morgan fingerprint density at radius 2 is 1.84 bits per heavy atom. The molecule has 1 unspecified atom stereocenters. The van der Waals surface area contributed by atoms with E-state index in [9.17, 15) is 25.4 Å². The topological polar surface area (TPSA) is 139 Å². The maximum atomic E-state index is 12.3. The van der Waals surface area contributed by atoms with Crippen molar-refractivity contribution in [3.63, 3.8) is 0 Å². The van der Waals surface area contributed by atoms with Gasteiger partial charge in [-0.3, -0.25) is 4.79 Å². The van der Waals surface area contributed by atoms with Gasteiger partial charge in [0, 0.05) is 5.56 Å². The van der Waals surface area contributed by atoms with Crippen LogP contribution < -0.4 is 10.6 Å². The Balaban J connectivity index is 3.62. The normalized spacial score (nSPS) is 11.4. The van der Waals surface area contributed by atoms with Gasteiger partial charge < -0.3 is 15.4 Å². The monoisotopic (exact) mass is 339 g/mol. The first kappa shape index (κ1) is 19.5. The van der Waals surface area contributed by atoms with E-state index in [2.05, 4.69) is 10.6 Å². The molecule has 1 atom stereocenters. The molecular formula is C17H17N5O3. The van der Waals surface area contributed by atoms with Crippen LogP contribution >= 0.6 is 0 Å². The molecule has 1 aromatic rings. The molecule has 0 heterocycles. The predicted octanol–water partition coefficient (Wildman–Crippen LogP) is 1.42. The fourth-order valence-electron chi connectivity index (χ4n) is 2.20. The van der Waals surface area contributed by atoms with Gasteiger partial charge in [-0.15, -0.1) is 0 Å². The molecule has 0 aliphatic carbocycles. The number of benzene rings is 1. The Morgan fingerprint density at radius 1 is 1.24 bits per heavy atom. The van der Waals surface area contributed by atoms with Crippen molar-refractivity contribution >= 4 is 18.1 Å². The maximum absolute atomic E-state index is 12.3. The number of amides is 1. The third-order valence-corrected chi connectivity index (χ3v) is 3.59. The van der Waals surface area contributed by atoms with Crippen LogP contribution in [0.4, 0.5) is 5.69 Å². The van der Waals surface area contributed by atoms with E-state index in [1.807, 2.05) is 13.8 Å². The first-order chi connectivity index (χ1) is 11.9. The number of hydrogen-bond acceptors (Lipinski definition) is 7. The molecule has 0 aliphatic rings. The average molecular weight is 339 g/mol. The molecule has 0 radical (unpaired) electrons. The third kappa shape index (κ3) is 3.85. The highest BCUT2D eigenvalue weighted by molar-refractivity contribution is 5.98. The first-order valence-electron chi connectivity index (χ1n) is 7.32. The van der Waals surface area contributed by atoms with Gasteiger partial charge in [0.2, 0.25) is 6.41 Å². The number of anilines is 1. The van der Waals surface area contributed by atoms with Crippen molar-refractivity contribution in [3.05, 3.63) is 29.3 Å². The molecule has 0 aliphatic heterocycles. The number of methoxy groups -OCH3 is 1. The second-order valence-electron chi connectivity index (χ2n) is 5.46. The summed E-state index contributed by atoms with van der Waals surface area (Å²) < 4.78 is 4.75. The standard InChI is InChI=1S/C17H17N5O3/c1-11(2)15(21-10-23)22-13-6-4-5-12(14(13)16(24)25-3)17(7-18,8-19)9-20/h4-6,10-11,15,22H,1-3H3,(H,21,23). The zero-order chi connectivity index (χ0) is 19.0. The van der Waals surface area contributed by atoms with Gasteiger partial charge in [0.1, 0.15) is 24.4 Å². The summed E-state index contributed by atoms with van der Waals surface area (Å²) in [6.07, 6.45) is 0.000487. The average Bonchev–Trinajstić information content (AvgIpc) is 2.62. The Kier molecular flexibility index (Phi) is 6.49. The summed E-state index contributed by atoms with van der Waals surface area (Å²) in [5.41, 5.74) is -2.10. The van der Waals surface area contributed by atoms with Crippen molar-refractivity contribution in [1.82, 2.24) is 5.32 Å². The molecule has 0 saturated heterocycles. The summed E-state index contributed by atoms with van der Waals surface area (Å²) in [4.78, 5) is 23.1. The van der Waals surface area contributed by atoms with Gasteiger partial charge in [0.15, 0.2) is 0 Å². The molecule has 0 spiro atoms. The summed E-state index contributed by atoms with van der Waals surface area (Å²) in [7, 11) is 1.15. The van der Waals surface area contributed by atoms with Gasteiger partial charge in [0.25, 0.3) is 5.41 Å². The number of nitriles is 3. The molecule has 0 aromatic heterocycles. The molecule has 128 valence electrons. The van der Waals surface area contributed by atoms with Gasteiger partial charge in [0.05, 0.1) is 18.4 Å². The minimum Gasteiger partial charge on any atom is -0.465 e. The molecule has 0 fully saturated rings. The third-order valence-electron chi connectivity index (χ3n) is 3.59. The number of ether oxygens (including phenoxy) is 1. The first-order valence-corrected chi connectivity index (χ1v) is 7.32. The van der Waals surface area contributed by atoms with Crippen molar-refractivity contribution in [2.24, 2.45) is 5.92 Å². The smallest absolute Gasteiger partial charge is 0.340 e. The minimum absolute atomic E-state index is 0.0352. The highest BCUT2D eigenvalue weighted by atomic mass is 16.5. The summed E-state index contributed by atoms with van der Waals surface area (Å²) in [5.74, 6) is -0.844. The second-order valence-corrected chi connectivity index (χ2v) is 5.46. The number of nitrogens with one attached hydrogen (secondary N) is 2. The van der Waals surface area contributed by atoms with Crippen LogP contribution in [0.15, 0.2) is 18.2 Å². The Hall–Kier alpha value is -3.57. The van der Waals surface area contributed by atoms with E-state index < -0.39 is 17.6 Å². The quantitative estimate of drug-likeness (QED) is 0.435. The largest absolute Gasteiger partial charge is 0.465 e. The Bertz CT molecular complexity index is 747. The van der Waals surface area contributed by atoms with Crippen LogP contribution in [0.5, 0.6) is 0 Å². The molecule has 0 bridgehead atoms. The van der Waals surface area contributed by atoms with E-state index in [0.29, 0.717) is 6.41 Å². The molecule has 8 heteroatoms. The number of rotatable bonds is 7. The lowest BCUT2D eigenvalue weighted by Crippen LogP contribution is -2.40. The second kappa shape index (κ2) is 8.33. The van der Waals surface area contributed by atoms with E-state index in [1.165, 1.54) is 18.2 Å². The van der Waals surface area contributed by atoms with Gasteiger partial charge in [-0.1, -0.05) is 26.0 Å². The van der Waals surface area contributed by atoms with Crippen LogP contribution in [0.25, 0.3) is 0 Å². The van der Waals surface area contributed by atoms with E-state index in [-0.39, 0.29) is 22.7 Å².